The van der Waals surface area contributed by atoms with Gasteiger partial charge in [0.15, 0.2) is 0 Å². The van der Waals surface area contributed by atoms with Crippen molar-refractivity contribution in [2.45, 2.75) is 49.5 Å². The number of benzene rings is 1. The molecular weight excluding hydrogens is 316 g/mol. The van der Waals surface area contributed by atoms with E-state index in [-0.39, 0.29) is 11.5 Å². The minimum absolute atomic E-state index is 0.0950. The summed E-state index contributed by atoms with van der Waals surface area (Å²) in [5.41, 5.74) is 3.04. The average molecular weight is 336 g/mol. The van der Waals surface area contributed by atoms with E-state index in [1.807, 2.05) is 23.9 Å². The van der Waals surface area contributed by atoms with Gasteiger partial charge in [0.05, 0.1) is 11.9 Å². The highest BCUT2D eigenvalue weighted by Gasteiger charge is 2.71. The molecule has 4 fully saturated rings. The second kappa shape index (κ2) is 4.30. The molecule has 7 rings (SSSR count). The molecule has 1 atom stereocenters. The van der Waals surface area contributed by atoms with Crippen LogP contribution < -0.4 is 0 Å². The van der Waals surface area contributed by atoms with Crippen LogP contribution in [0.15, 0.2) is 42.9 Å². The molecule has 1 N–H and O–H groups in total. The van der Waals surface area contributed by atoms with Gasteiger partial charge in [-0.25, -0.2) is 4.98 Å². The minimum atomic E-state index is -0.346. The third-order valence-corrected chi connectivity index (χ3v) is 7.85. The Balaban J connectivity index is 1.35. The zero-order valence-electron chi connectivity index (χ0n) is 13.5. The van der Waals surface area contributed by atoms with E-state index in [0.717, 1.165) is 25.0 Å². The van der Waals surface area contributed by atoms with Crippen molar-refractivity contribution in [3.05, 3.63) is 59.0 Å². The summed E-state index contributed by atoms with van der Waals surface area (Å²) >= 11 is 1.83. The lowest BCUT2D eigenvalue weighted by Crippen LogP contribution is -2.66. The molecule has 4 saturated carbocycles. The normalized spacial score (nSPS) is 32.4. The van der Waals surface area contributed by atoms with Crippen LogP contribution in [0.4, 0.5) is 0 Å². The Morgan fingerprint density at radius 2 is 1.92 bits per heavy atom. The molecule has 4 aliphatic rings. The largest absolute Gasteiger partial charge is 0.386 e. The van der Waals surface area contributed by atoms with Crippen molar-refractivity contribution in [2.75, 3.05) is 0 Å². The number of imidazole rings is 1. The number of hydrogen-bond acceptors (Lipinski definition) is 3. The molecule has 0 saturated heterocycles. The molecule has 1 aromatic carbocycles. The summed E-state index contributed by atoms with van der Waals surface area (Å²) in [7, 11) is 0. The van der Waals surface area contributed by atoms with Gasteiger partial charge in [0.2, 0.25) is 0 Å². The number of rotatable bonds is 4. The summed E-state index contributed by atoms with van der Waals surface area (Å²) in [5.74, 6) is 0.676. The van der Waals surface area contributed by atoms with E-state index in [1.165, 1.54) is 28.1 Å². The number of aromatic nitrogens is 2. The number of fused-ring (bicyclic) bond motifs is 1. The number of aliphatic hydroxyl groups is 1. The lowest BCUT2D eigenvalue weighted by molar-refractivity contribution is -0.211. The van der Waals surface area contributed by atoms with Crippen LogP contribution >= 0.6 is 11.3 Å². The van der Waals surface area contributed by atoms with Gasteiger partial charge in [-0.2, -0.15) is 0 Å². The Hall–Kier alpha value is -1.65. The maximum Gasteiger partial charge on any atom is 0.120 e. The SMILES string of the molecule is OC(c1c(C2CC2)sc2cncn12)C12CC(c3ccccc3)(C1)C2. The van der Waals surface area contributed by atoms with Gasteiger partial charge in [0, 0.05) is 10.3 Å². The van der Waals surface area contributed by atoms with Crippen LogP contribution in [-0.2, 0) is 5.41 Å². The summed E-state index contributed by atoms with van der Waals surface area (Å²) in [6.07, 6.45) is 9.40. The molecule has 4 heteroatoms. The summed E-state index contributed by atoms with van der Waals surface area (Å²) in [6.45, 7) is 0. The fourth-order valence-electron chi connectivity index (χ4n) is 5.27. The molecule has 24 heavy (non-hydrogen) atoms. The van der Waals surface area contributed by atoms with Crippen molar-refractivity contribution in [3.63, 3.8) is 0 Å². The van der Waals surface area contributed by atoms with Crippen molar-refractivity contribution in [1.29, 1.82) is 0 Å². The highest BCUT2D eigenvalue weighted by molar-refractivity contribution is 7.17. The van der Waals surface area contributed by atoms with Crippen LogP contribution in [0, 0.1) is 5.41 Å². The highest BCUT2D eigenvalue weighted by atomic mass is 32.1. The maximum absolute atomic E-state index is 11.3. The molecule has 2 aromatic heterocycles. The molecule has 0 amide bonds. The van der Waals surface area contributed by atoms with Gasteiger partial charge in [0.1, 0.15) is 17.3 Å². The maximum atomic E-state index is 11.3. The molecule has 3 nitrogen and oxygen atoms in total. The zero-order chi connectivity index (χ0) is 15.9. The van der Waals surface area contributed by atoms with Crippen LogP contribution in [0.25, 0.3) is 4.83 Å². The van der Waals surface area contributed by atoms with Gasteiger partial charge in [-0.3, -0.25) is 4.40 Å². The zero-order valence-corrected chi connectivity index (χ0v) is 14.3. The van der Waals surface area contributed by atoms with Gasteiger partial charge >= 0.3 is 0 Å². The van der Waals surface area contributed by atoms with Gasteiger partial charge in [-0.1, -0.05) is 30.3 Å². The molecule has 0 radical (unpaired) electrons. The van der Waals surface area contributed by atoms with Crippen LogP contribution in [0.5, 0.6) is 0 Å². The predicted octanol–water partition coefficient (Wildman–Crippen LogP) is 4.43. The smallest absolute Gasteiger partial charge is 0.120 e. The van der Waals surface area contributed by atoms with Gasteiger partial charge in [0.25, 0.3) is 0 Å². The number of nitrogens with zero attached hydrogens (tertiary/aromatic N) is 2. The standard InChI is InChI=1S/C20H20N2OS/c23-18(16-17(13-6-7-13)24-15-8-21-12-22(15)16)20-9-19(10-20,11-20)14-4-2-1-3-5-14/h1-5,8,12-13,18,23H,6-7,9-11H2. The van der Waals surface area contributed by atoms with Crippen LogP contribution in [0.1, 0.15) is 60.3 Å². The van der Waals surface area contributed by atoms with E-state index < -0.39 is 0 Å². The lowest BCUT2D eigenvalue weighted by Gasteiger charge is -2.72. The summed E-state index contributed by atoms with van der Waals surface area (Å²) in [5, 5.41) is 11.3. The summed E-state index contributed by atoms with van der Waals surface area (Å²) in [6, 6.07) is 10.9. The summed E-state index contributed by atoms with van der Waals surface area (Å²) < 4.78 is 2.15. The molecule has 0 aliphatic heterocycles. The van der Waals surface area contributed by atoms with E-state index in [2.05, 4.69) is 39.7 Å². The van der Waals surface area contributed by atoms with Crippen molar-refractivity contribution in [2.24, 2.45) is 5.41 Å². The first-order chi connectivity index (χ1) is 11.7. The van der Waals surface area contributed by atoms with E-state index in [1.54, 1.807) is 0 Å². The Morgan fingerprint density at radius 3 is 2.62 bits per heavy atom. The van der Waals surface area contributed by atoms with Crippen LogP contribution in [0.2, 0.25) is 0 Å². The first kappa shape index (κ1) is 13.6. The second-order valence-corrected chi connectivity index (χ2v) is 9.23. The van der Waals surface area contributed by atoms with Gasteiger partial charge in [-0.05, 0) is 49.0 Å². The van der Waals surface area contributed by atoms with Crippen LogP contribution in [0.3, 0.4) is 0 Å². The van der Waals surface area contributed by atoms with E-state index in [9.17, 15) is 5.11 Å². The van der Waals surface area contributed by atoms with Crippen molar-refractivity contribution >= 4 is 16.2 Å². The number of aliphatic hydroxyl groups excluding tert-OH is 1. The van der Waals surface area contributed by atoms with E-state index in [0.29, 0.717) is 11.3 Å². The third-order valence-electron chi connectivity index (χ3n) is 6.58. The fourth-order valence-corrected chi connectivity index (χ4v) is 6.57. The minimum Gasteiger partial charge on any atom is -0.386 e. The highest BCUT2D eigenvalue weighted by Crippen LogP contribution is 2.77. The third kappa shape index (κ3) is 1.58. The number of hydrogen-bond donors (Lipinski definition) is 1. The quantitative estimate of drug-likeness (QED) is 0.765. The molecule has 0 spiro atoms. The van der Waals surface area contributed by atoms with Crippen molar-refractivity contribution in [3.8, 4) is 0 Å². The topological polar surface area (TPSA) is 37.5 Å². The van der Waals surface area contributed by atoms with Crippen LogP contribution in [-0.4, -0.2) is 14.5 Å². The Labute approximate surface area is 145 Å². The lowest BCUT2D eigenvalue weighted by atomic mass is 9.32. The first-order valence-corrected chi connectivity index (χ1v) is 9.71. The molecule has 4 aliphatic carbocycles. The monoisotopic (exact) mass is 336 g/mol. The molecule has 3 aromatic rings. The van der Waals surface area contributed by atoms with Gasteiger partial charge < -0.3 is 5.11 Å². The van der Waals surface area contributed by atoms with E-state index in [4.69, 9.17) is 0 Å². The van der Waals surface area contributed by atoms with Crippen molar-refractivity contribution in [1.82, 2.24) is 9.38 Å². The molecular formula is C20H20N2OS. The fraction of sp³-hybridized carbons (Fsp3) is 0.450. The first-order valence-electron chi connectivity index (χ1n) is 8.89. The van der Waals surface area contributed by atoms with Crippen molar-refractivity contribution < 1.29 is 5.11 Å². The molecule has 122 valence electrons. The Morgan fingerprint density at radius 1 is 1.17 bits per heavy atom. The second-order valence-electron chi connectivity index (χ2n) is 8.17. The Kier molecular flexibility index (Phi) is 2.44. The Bertz CT molecular complexity index is 917. The number of thiazole rings is 1. The van der Waals surface area contributed by atoms with E-state index >= 15 is 0 Å². The molecule has 2 bridgehead atoms. The predicted molar refractivity (Wildman–Crippen MR) is 94.4 cm³/mol. The summed E-state index contributed by atoms with van der Waals surface area (Å²) in [4.78, 5) is 6.88. The molecule has 2 heterocycles. The molecule has 1 unspecified atom stereocenters. The van der Waals surface area contributed by atoms with Gasteiger partial charge in [-0.15, -0.1) is 11.3 Å². The average Bonchev–Trinajstić information content (AvgIpc) is 3.14.